The summed E-state index contributed by atoms with van der Waals surface area (Å²) in [6.07, 6.45) is -0.447. The fourth-order valence-electron chi connectivity index (χ4n) is 2.97. The van der Waals surface area contributed by atoms with Gasteiger partial charge in [-0.25, -0.2) is 0 Å². The van der Waals surface area contributed by atoms with Gasteiger partial charge in [-0.2, -0.15) is 0 Å². The Morgan fingerprint density at radius 3 is 2.50 bits per heavy atom. The maximum absolute atomic E-state index is 12.7. The Balaban J connectivity index is 1.77. The third-order valence-corrected chi connectivity index (χ3v) is 4.23. The van der Waals surface area contributed by atoms with Crippen LogP contribution in [0.5, 0.6) is 0 Å². The molecule has 4 rings (SSSR count). The number of amides is 2. The van der Waals surface area contributed by atoms with Gasteiger partial charge in [0.1, 0.15) is 6.10 Å². The predicted molar refractivity (Wildman–Crippen MR) is 80.2 cm³/mol. The fourth-order valence-corrected chi connectivity index (χ4v) is 2.97. The zero-order valence-corrected chi connectivity index (χ0v) is 11.9. The number of ether oxygens (including phenoxy) is 1. The summed E-state index contributed by atoms with van der Waals surface area (Å²) in [5.41, 5.74) is 0.599. The minimum Gasteiger partial charge on any atom is -0.331 e. The molecule has 2 aromatic carbocycles. The molecule has 110 valence electrons. The summed E-state index contributed by atoms with van der Waals surface area (Å²) in [7, 11) is 1.60. The van der Waals surface area contributed by atoms with Crippen molar-refractivity contribution in [3.63, 3.8) is 0 Å². The first-order valence-corrected chi connectivity index (χ1v) is 7.06. The first-order chi connectivity index (χ1) is 10.6. The third kappa shape index (κ3) is 1.63. The topological polar surface area (TPSA) is 61.9 Å². The Labute approximate surface area is 127 Å². The predicted octanol–water partition coefficient (Wildman–Crippen LogP) is 2.18. The maximum Gasteiger partial charge on any atom is 0.281 e. The number of para-hydroxylation sites is 1. The third-order valence-electron chi connectivity index (χ3n) is 4.23. The Morgan fingerprint density at radius 1 is 1.05 bits per heavy atom. The van der Waals surface area contributed by atoms with Crippen LogP contribution >= 0.6 is 0 Å². The second-order valence-corrected chi connectivity index (χ2v) is 5.47. The van der Waals surface area contributed by atoms with Crippen molar-refractivity contribution in [3.05, 3.63) is 65.7 Å². The Hall–Kier alpha value is -2.66. The summed E-state index contributed by atoms with van der Waals surface area (Å²) in [4.78, 5) is 26.7. The molecule has 2 aliphatic rings. The number of carbonyl (C=O) groups excluding carboxylic acids is 2. The standard InChI is InChI=1S/C17H14N2O3/c1-19-15(20)12-9-5-6-10-13(12)18-16(21)17(19)14(22-17)11-7-3-2-4-8-11/h2-10,14H,1H3,(H,18,21)/t14-,17-/m0/s1. The van der Waals surface area contributed by atoms with Crippen LogP contribution in [-0.4, -0.2) is 29.5 Å². The number of carbonyl (C=O) groups is 2. The smallest absolute Gasteiger partial charge is 0.281 e. The zero-order chi connectivity index (χ0) is 15.3. The van der Waals surface area contributed by atoms with E-state index in [2.05, 4.69) is 5.32 Å². The first-order valence-electron chi connectivity index (χ1n) is 7.06. The summed E-state index contributed by atoms with van der Waals surface area (Å²) in [5, 5.41) is 2.81. The van der Waals surface area contributed by atoms with Crippen LogP contribution < -0.4 is 5.32 Å². The van der Waals surface area contributed by atoms with Crippen LogP contribution in [0.15, 0.2) is 54.6 Å². The van der Waals surface area contributed by atoms with E-state index in [-0.39, 0.29) is 11.8 Å². The molecule has 22 heavy (non-hydrogen) atoms. The minimum absolute atomic E-state index is 0.229. The lowest BCUT2D eigenvalue weighted by molar-refractivity contribution is -0.125. The molecule has 2 amide bonds. The molecule has 1 fully saturated rings. The highest BCUT2D eigenvalue weighted by Gasteiger charge is 2.68. The van der Waals surface area contributed by atoms with Crippen molar-refractivity contribution in [1.82, 2.24) is 4.90 Å². The summed E-state index contributed by atoms with van der Waals surface area (Å²) in [6.45, 7) is 0. The van der Waals surface area contributed by atoms with Gasteiger partial charge in [0.25, 0.3) is 17.5 Å². The quantitative estimate of drug-likeness (QED) is 0.820. The average Bonchev–Trinajstić information content (AvgIpc) is 3.32. The molecule has 2 aromatic rings. The Kier molecular flexibility index (Phi) is 2.62. The van der Waals surface area contributed by atoms with Gasteiger partial charge in [0.05, 0.1) is 11.3 Å². The van der Waals surface area contributed by atoms with E-state index in [0.717, 1.165) is 5.56 Å². The highest BCUT2D eigenvalue weighted by atomic mass is 16.6. The van der Waals surface area contributed by atoms with E-state index in [0.29, 0.717) is 11.3 Å². The van der Waals surface area contributed by atoms with E-state index in [4.69, 9.17) is 4.74 Å². The molecule has 1 N–H and O–H groups in total. The van der Waals surface area contributed by atoms with E-state index in [1.165, 1.54) is 4.90 Å². The van der Waals surface area contributed by atoms with Crippen LogP contribution in [-0.2, 0) is 9.53 Å². The number of benzene rings is 2. The van der Waals surface area contributed by atoms with Crippen molar-refractivity contribution >= 4 is 17.5 Å². The van der Waals surface area contributed by atoms with Gasteiger partial charge in [0.2, 0.25) is 0 Å². The maximum atomic E-state index is 12.7. The normalized spacial score (nSPS) is 26.4. The lowest BCUT2D eigenvalue weighted by atomic mass is 10.0. The number of nitrogens with zero attached hydrogens (tertiary/aromatic N) is 1. The fraction of sp³-hybridized carbons (Fsp3) is 0.176. The summed E-state index contributed by atoms with van der Waals surface area (Å²) < 4.78 is 5.73. The van der Waals surface area contributed by atoms with Gasteiger partial charge >= 0.3 is 0 Å². The molecular weight excluding hydrogens is 280 g/mol. The number of epoxide rings is 1. The second kappa shape index (κ2) is 4.42. The van der Waals surface area contributed by atoms with Crippen molar-refractivity contribution in [1.29, 1.82) is 0 Å². The number of hydrogen-bond acceptors (Lipinski definition) is 3. The zero-order valence-electron chi connectivity index (χ0n) is 11.9. The van der Waals surface area contributed by atoms with E-state index >= 15 is 0 Å². The average molecular weight is 294 g/mol. The molecule has 0 radical (unpaired) electrons. The lowest BCUT2D eigenvalue weighted by Crippen LogP contribution is -2.46. The first kappa shape index (κ1) is 13.0. The van der Waals surface area contributed by atoms with Crippen molar-refractivity contribution in [2.75, 3.05) is 12.4 Å². The number of anilines is 1. The van der Waals surface area contributed by atoms with Gasteiger partial charge in [-0.1, -0.05) is 42.5 Å². The SMILES string of the molecule is CN1C(=O)c2ccccc2NC(=O)[C@]12O[C@H]2c1ccccc1. The lowest BCUT2D eigenvalue weighted by Gasteiger charge is -2.21. The van der Waals surface area contributed by atoms with E-state index < -0.39 is 11.8 Å². The highest BCUT2D eigenvalue weighted by molar-refractivity contribution is 6.12. The number of fused-ring (bicyclic) bond motifs is 1. The molecule has 2 aliphatic heterocycles. The van der Waals surface area contributed by atoms with Gasteiger partial charge in [-0.05, 0) is 17.7 Å². The molecule has 0 aromatic heterocycles. The van der Waals surface area contributed by atoms with Crippen LogP contribution in [0.3, 0.4) is 0 Å². The second-order valence-electron chi connectivity index (χ2n) is 5.47. The molecule has 0 unspecified atom stereocenters. The van der Waals surface area contributed by atoms with Crippen molar-refractivity contribution in [3.8, 4) is 0 Å². The van der Waals surface area contributed by atoms with Crippen LogP contribution in [0, 0.1) is 0 Å². The molecule has 5 nitrogen and oxygen atoms in total. The molecule has 1 saturated heterocycles. The summed E-state index contributed by atoms with van der Waals surface area (Å²) in [6, 6.07) is 16.4. The summed E-state index contributed by atoms with van der Waals surface area (Å²) in [5.74, 6) is -0.547. The van der Waals surface area contributed by atoms with Gasteiger partial charge in [0, 0.05) is 7.05 Å². The molecule has 2 heterocycles. The number of nitrogens with one attached hydrogen (secondary N) is 1. The number of likely N-dealkylation sites (N-methyl/N-ethyl adjacent to an activating group) is 1. The van der Waals surface area contributed by atoms with E-state index in [9.17, 15) is 9.59 Å². The minimum atomic E-state index is -1.27. The Morgan fingerprint density at radius 2 is 1.73 bits per heavy atom. The molecule has 0 aliphatic carbocycles. The number of rotatable bonds is 1. The summed E-state index contributed by atoms with van der Waals surface area (Å²) >= 11 is 0. The van der Waals surface area contributed by atoms with Crippen LogP contribution in [0.1, 0.15) is 22.0 Å². The van der Waals surface area contributed by atoms with Crippen LogP contribution in [0.25, 0.3) is 0 Å². The monoisotopic (exact) mass is 294 g/mol. The van der Waals surface area contributed by atoms with Crippen LogP contribution in [0.4, 0.5) is 5.69 Å². The molecule has 0 saturated carbocycles. The van der Waals surface area contributed by atoms with Gasteiger partial charge in [-0.15, -0.1) is 0 Å². The molecule has 0 bridgehead atoms. The van der Waals surface area contributed by atoms with E-state index in [1.54, 1.807) is 31.3 Å². The van der Waals surface area contributed by atoms with Gasteiger partial charge in [0.15, 0.2) is 0 Å². The van der Waals surface area contributed by atoms with Gasteiger partial charge in [-0.3, -0.25) is 9.59 Å². The van der Waals surface area contributed by atoms with Crippen molar-refractivity contribution in [2.45, 2.75) is 11.8 Å². The van der Waals surface area contributed by atoms with Crippen molar-refractivity contribution < 1.29 is 14.3 Å². The highest BCUT2D eigenvalue weighted by Crippen LogP contribution is 2.53. The molecule has 2 atom stereocenters. The Bertz CT molecular complexity index is 774. The largest absolute Gasteiger partial charge is 0.331 e. The number of hydrogen-bond donors (Lipinski definition) is 1. The van der Waals surface area contributed by atoms with Crippen LogP contribution in [0.2, 0.25) is 0 Å². The van der Waals surface area contributed by atoms with E-state index in [1.807, 2.05) is 30.3 Å². The van der Waals surface area contributed by atoms with Crippen molar-refractivity contribution in [2.24, 2.45) is 0 Å². The molecular formula is C17H14N2O3. The molecule has 1 spiro atoms. The molecule has 5 heteroatoms. The van der Waals surface area contributed by atoms with Gasteiger partial charge < -0.3 is 15.0 Å².